The molecule has 6 N–H and O–H groups in total. The molecule has 19 heavy (non-hydrogen) atoms. The van der Waals surface area contributed by atoms with Crippen LogP contribution in [0.4, 0.5) is 0 Å². The van der Waals surface area contributed by atoms with Gasteiger partial charge in [0.1, 0.15) is 6.04 Å². The predicted molar refractivity (Wildman–Crippen MR) is 73.3 cm³/mol. The minimum absolute atomic E-state index is 0.285. The quantitative estimate of drug-likeness (QED) is 0.524. The van der Waals surface area contributed by atoms with Crippen molar-refractivity contribution in [2.24, 2.45) is 11.5 Å². The van der Waals surface area contributed by atoms with Crippen molar-refractivity contribution in [2.75, 3.05) is 13.6 Å². The van der Waals surface area contributed by atoms with Gasteiger partial charge in [-0.1, -0.05) is 12.1 Å². The first-order chi connectivity index (χ1) is 9.08. The van der Waals surface area contributed by atoms with E-state index in [1.54, 1.807) is 18.2 Å². The summed E-state index contributed by atoms with van der Waals surface area (Å²) in [4.78, 5) is 23.2. The highest BCUT2D eigenvalue weighted by Crippen LogP contribution is 2.06. The molecule has 0 radical (unpaired) electrons. The number of nitrogens with one attached hydrogen (secondary N) is 2. The molecule has 2 amide bonds. The maximum Gasteiger partial charge on any atom is 0.251 e. The van der Waals surface area contributed by atoms with Crippen molar-refractivity contribution in [1.82, 2.24) is 10.6 Å². The van der Waals surface area contributed by atoms with E-state index in [1.165, 1.54) is 0 Å². The summed E-state index contributed by atoms with van der Waals surface area (Å²) in [6.45, 7) is 0.955. The molecular formula is C13H20N4O2. The Morgan fingerprint density at radius 3 is 2.68 bits per heavy atom. The normalized spacial score (nSPS) is 11.9. The summed E-state index contributed by atoms with van der Waals surface area (Å²) in [5.74, 6) is -0.902. The van der Waals surface area contributed by atoms with Crippen LogP contribution < -0.4 is 22.1 Å². The highest BCUT2D eigenvalue weighted by Gasteiger charge is 2.17. The van der Waals surface area contributed by atoms with Crippen LogP contribution in [0, 0.1) is 0 Å². The monoisotopic (exact) mass is 264 g/mol. The average molecular weight is 264 g/mol. The fraction of sp³-hybridized carbons (Fsp3) is 0.385. The molecule has 1 rings (SSSR count). The Morgan fingerprint density at radius 1 is 1.37 bits per heavy atom. The predicted octanol–water partition coefficient (Wildman–Crippen LogP) is -0.661. The Hall–Kier alpha value is -1.92. The van der Waals surface area contributed by atoms with Gasteiger partial charge in [0.2, 0.25) is 5.91 Å². The van der Waals surface area contributed by atoms with Crippen LogP contribution in [0.5, 0.6) is 0 Å². The van der Waals surface area contributed by atoms with Gasteiger partial charge in [-0.2, -0.15) is 0 Å². The standard InChI is InChI=1S/C13H20N4O2/c1-16-8-9-3-2-4-10(7-9)13(19)17-11(5-6-14)12(15)18/h2-4,7,11,16H,5-6,8,14H2,1H3,(H2,15,18)(H,17,19)/t11-/m0/s1. The number of amides is 2. The number of benzene rings is 1. The van der Waals surface area contributed by atoms with Crippen LogP contribution in [0.15, 0.2) is 24.3 Å². The van der Waals surface area contributed by atoms with Crippen molar-refractivity contribution in [3.05, 3.63) is 35.4 Å². The minimum Gasteiger partial charge on any atom is -0.368 e. The lowest BCUT2D eigenvalue weighted by molar-refractivity contribution is -0.119. The van der Waals surface area contributed by atoms with Gasteiger partial charge in [-0.25, -0.2) is 0 Å². The molecule has 0 unspecified atom stereocenters. The fourth-order valence-electron chi connectivity index (χ4n) is 1.72. The van der Waals surface area contributed by atoms with E-state index in [2.05, 4.69) is 10.6 Å². The third-order valence-corrected chi connectivity index (χ3v) is 2.67. The summed E-state index contributed by atoms with van der Waals surface area (Å²) in [6.07, 6.45) is 0.331. The van der Waals surface area contributed by atoms with Crippen LogP contribution in [0.1, 0.15) is 22.3 Å². The number of carbonyl (C=O) groups is 2. The van der Waals surface area contributed by atoms with Crippen molar-refractivity contribution < 1.29 is 9.59 Å². The molecule has 0 fully saturated rings. The molecule has 1 atom stereocenters. The lowest BCUT2D eigenvalue weighted by Gasteiger charge is -2.14. The van der Waals surface area contributed by atoms with Crippen molar-refractivity contribution >= 4 is 11.8 Å². The fourth-order valence-corrected chi connectivity index (χ4v) is 1.72. The smallest absolute Gasteiger partial charge is 0.251 e. The summed E-state index contributed by atoms with van der Waals surface area (Å²) in [5, 5.41) is 5.60. The summed E-state index contributed by atoms with van der Waals surface area (Å²) >= 11 is 0. The third kappa shape index (κ3) is 4.69. The van der Waals surface area contributed by atoms with Crippen LogP contribution in [0.3, 0.4) is 0 Å². The maximum atomic E-state index is 12.0. The van der Waals surface area contributed by atoms with Crippen molar-refractivity contribution in [3.8, 4) is 0 Å². The largest absolute Gasteiger partial charge is 0.368 e. The molecule has 0 bridgehead atoms. The number of hydrogen-bond acceptors (Lipinski definition) is 4. The molecular weight excluding hydrogens is 244 g/mol. The molecule has 1 aromatic rings. The lowest BCUT2D eigenvalue weighted by atomic mass is 10.1. The van der Waals surface area contributed by atoms with Gasteiger partial charge >= 0.3 is 0 Å². The second-order valence-electron chi connectivity index (χ2n) is 4.24. The number of hydrogen-bond donors (Lipinski definition) is 4. The minimum atomic E-state index is -0.731. The van der Waals surface area contributed by atoms with Gasteiger partial charge < -0.3 is 22.1 Å². The third-order valence-electron chi connectivity index (χ3n) is 2.67. The second kappa shape index (κ2) is 7.50. The van der Waals surface area contributed by atoms with E-state index in [-0.39, 0.29) is 12.5 Å². The molecule has 0 aliphatic heterocycles. The zero-order valence-electron chi connectivity index (χ0n) is 11.0. The average Bonchev–Trinajstić information content (AvgIpc) is 2.38. The molecule has 6 heteroatoms. The second-order valence-corrected chi connectivity index (χ2v) is 4.24. The number of rotatable bonds is 7. The molecule has 1 aromatic carbocycles. The van der Waals surface area contributed by atoms with Crippen molar-refractivity contribution in [3.63, 3.8) is 0 Å². The van der Waals surface area contributed by atoms with Crippen LogP contribution in [0.25, 0.3) is 0 Å². The molecule has 104 valence electrons. The zero-order valence-corrected chi connectivity index (χ0v) is 11.0. The van der Waals surface area contributed by atoms with E-state index >= 15 is 0 Å². The van der Waals surface area contributed by atoms with Crippen LogP contribution in [-0.2, 0) is 11.3 Å². The number of nitrogens with two attached hydrogens (primary N) is 2. The Bertz CT molecular complexity index is 448. The molecule has 0 aliphatic rings. The highest BCUT2D eigenvalue weighted by atomic mass is 16.2. The SMILES string of the molecule is CNCc1cccc(C(=O)N[C@@H](CCN)C(N)=O)c1. The molecule has 0 saturated heterocycles. The number of carbonyl (C=O) groups excluding carboxylic acids is 2. The molecule has 0 aliphatic carbocycles. The van der Waals surface area contributed by atoms with Gasteiger partial charge in [0.05, 0.1) is 0 Å². The van der Waals surface area contributed by atoms with Gasteiger partial charge in [0, 0.05) is 12.1 Å². The zero-order chi connectivity index (χ0) is 14.3. The molecule has 0 aromatic heterocycles. The molecule has 0 spiro atoms. The van der Waals surface area contributed by atoms with Crippen molar-refractivity contribution in [1.29, 1.82) is 0 Å². The van der Waals surface area contributed by atoms with Gasteiger partial charge in [-0.3, -0.25) is 9.59 Å². The van der Waals surface area contributed by atoms with Gasteiger partial charge in [0.15, 0.2) is 0 Å². The summed E-state index contributed by atoms with van der Waals surface area (Å²) in [6, 6.07) is 6.44. The summed E-state index contributed by atoms with van der Waals surface area (Å²) in [7, 11) is 1.83. The Morgan fingerprint density at radius 2 is 2.11 bits per heavy atom. The molecule has 6 nitrogen and oxygen atoms in total. The van der Waals surface area contributed by atoms with Gasteiger partial charge in [-0.05, 0) is 37.7 Å². The Labute approximate surface area is 112 Å². The molecule has 0 saturated carbocycles. The van der Waals surface area contributed by atoms with Gasteiger partial charge in [0.25, 0.3) is 5.91 Å². The van der Waals surface area contributed by atoms with Crippen LogP contribution in [-0.4, -0.2) is 31.4 Å². The van der Waals surface area contributed by atoms with Crippen molar-refractivity contribution in [2.45, 2.75) is 19.0 Å². The first-order valence-electron chi connectivity index (χ1n) is 6.12. The maximum absolute atomic E-state index is 12.0. The molecule has 0 heterocycles. The van der Waals surface area contributed by atoms with E-state index in [9.17, 15) is 9.59 Å². The summed E-state index contributed by atoms with van der Waals surface area (Å²) in [5.41, 5.74) is 12.1. The topological polar surface area (TPSA) is 110 Å². The van der Waals surface area contributed by atoms with E-state index in [0.29, 0.717) is 18.5 Å². The van der Waals surface area contributed by atoms with E-state index in [4.69, 9.17) is 11.5 Å². The Kier molecular flexibility index (Phi) is 5.98. The van der Waals surface area contributed by atoms with E-state index in [0.717, 1.165) is 5.56 Å². The number of primary amides is 1. The van der Waals surface area contributed by atoms with Crippen LogP contribution in [0.2, 0.25) is 0 Å². The van der Waals surface area contributed by atoms with Gasteiger partial charge in [-0.15, -0.1) is 0 Å². The van der Waals surface area contributed by atoms with Crippen LogP contribution >= 0.6 is 0 Å². The lowest BCUT2D eigenvalue weighted by Crippen LogP contribution is -2.45. The first kappa shape index (κ1) is 15.1. The Balaban J connectivity index is 2.76. The first-order valence-corrected chi connectivity index (χ1v) is 6.12. The van der Waals surface area contributed by atoms with E-state index < -0.39 is 11.9 Å². The van der Waals surface area contributed by atoms with E-state index in [1.807, 2.05) is 13.1 Å². The highest BCUT2D eigenvalue weighted by molar-refractivity contribution is 5.97. The summed E-state index contributed by atoms with van der Waals surface area (Å²) < 4.78 is 0.